The number of fused-ring (bicyclic) bond motifs is 1. The number of benzene rings is 2. The average molecular weight is 270 g/mol. The van der Waals surface area contributed by atoms with Crippen molar-refractivity contribution in [3.8, 4) is 0 Å². The van der Waals surface area contributed by atoms with Gasteiger partial charge in [-0.2, -0.15) is 0 Å². The monoisotopic (exact) mass is 270 g/mol. The summed E-state index contributed by atoms with van der Waals surface area (Å²) in [5.74, 6) is 0. The van der Waals surface area contributed by atoms with E-state index in [0.717, 1.165) is 26.3 Å². The zero-order chi connectivity index (χ0) is 13.8. The van der Waals surface area contributed by atoms with Gasteiger partial charge >= 0.3 is 0 Å². The van der Waals surface area contributed by atoms with E-state index in [1.54, 1.807) is 0 Å². The molecule has 0 aliphatic carbocycles. The van der Waals surface area contributed by atoms with Crippen LogP contribution in [0.25, 0.3) is 10.8 Å². The molecular formula is C17H22N2O. The van der Waals surface area contributed by atoms with E-state index in [2.05, 4.69) is 60.0 Å². The normalized spacial score (nSPS) is 20.9. The van der Waals surface area contributed by atoms with Gasteiger partial charge in [-0.25, -0.2) is 0 Å². The third-order valence-electron chi connectivity index (χ3n) is 3.96. The van der Waals surface area contributed by atoms with Gasteiger partial charge in [0.1, 0.15) is 0 Å². The topological polar surface area (TPSA) is 33.3 Å². The standard InChI is InChI=1S/C17H22N2O/c1-13(19-11-15-12-20-10-9-18-15)16-8-4-6-14-5-2-3-7-17(14)16/h2-8,13,15,18-19H,9-12H2,1H3. The van der Waals surface area contributed by atoms with Crippen molar-refractivity contribution in [1.29, 1.82) is 0 Å². The molecule has 1 saturated heterocycles. The fourth-order valence-electron chi connectivity index (χ4n) is 2.81. The van der Waals surface area contributed by atoms with Gasteiger partial charge in [0.25, 0.3) is 0 Å². The first-order valence-electron chi connectivity index (χ1n) is 7.37. The van der Waals surface area contributed by atoms with E-state index in [4.69, 9.17) is 4.74 Å². The number of morpholine rings is 1. The van der Waals surface area contributed by atoms with Crippen LogP contribution >= 0.6 is 0 Å². The molecule has 1 aliphatic rings. The third-order valence-corrected chi connectivity index (χ3v) is 3.96. The zero-order valence-corrected chi connectivity index (χ0v) is 11.9. The Hall–Kier alpha value is -1.42. The van der Waals surface area contributed by atoms with E-state index in [1.807, 2.05) is 0 Å². The molecule has 3 heteroatoms. The van der Waals surface area contributed by atoms with Crippen LogP contribution in [0.3, 0.4) is 0 Å². The second-order valence-corrected chi connectivity index (χ2v) is 5.42. The third kappa shape index (κ3) is 3.01. The minimum absolute atomic E-state index is 0.338. The van der Waals surface area contributed by atoms with E-state index >= 15 is 0 Å². The average Bonchev–Trinajstić information content (AvgIpc) is 2.53. The van der Waals surface area contributed by atoms with E-state index < -0.39 is 0 Å². The maximum Gasteiger partial charge on any atom is 0.0632 e. The number of nitrogens with one attached hydrogen (secondary N) is 2. The second kappa shape index (κ2) is 6.35. The summed E-state index contributed by atoms with van der Waals surface area (Å²) in [7, 11) is 0. The summed E-state index contributed by atoms with van der Waals surface area (Å²) in [5.41, 5.74) is 1.36. The highest BCUT2D eigenvalue weighted by Crippen LogP contribution is 2.23. The number of hydrogen-bond donors (Lipinski definition) is 2. The van der Waals surface area contributed by atoms with Gasteiger partial charge in [-0.1, -0.05) is 42.5 Å². The Balaban J connectivity index is 1.70. The molecule has 1 heterocycles. The lowest BCUT2D eigenvalue weighted by atomic mass is 9.99. The van der Waals surface area contributed by atoms with Crippen LogP contribution in [0.15, 0.2) is 42.5 Å². The Bertz CT molecular complexity index is 558. The van der Waals surface area contributed by atoms with E-state index in [-0.39, 0.29) is 0 Å². The Labute approximate surface area is 120 Å². The molecule has 3 rings (SSSR count). The van der Waals surface area contributed by atoms with Crippen LogP contribution in [0.2, 0.25) is 0 Å². The van der Waals surface area contributed by atoms with Crippen LogP contribution in [0, 0.1) is 0 Å². The van der Waals surface area contributed by atoms with Crippen molar-refractivity contribution in [2.24, 2.45) is 0 Å². The lowest BCUT2D eigenvalue weighted by Gasteiger charge is -2.26. The van der Waals surface area contributed by atoms with Crippen LogP contribution in [0.4, 0.5) is 0 Å². The van der Waals surface area contributed by atoms with Crippen molar-refractivity contribution in [3.05, 3.63) is 48.0 Å². The number of rotatable bonds is 4. The molecule has 0 amide bonds. The molecule has 0 bridgehead atoms. The highest BCUT2D eigenvalue weighted by atomic mass is 16.5. The van der Waals surface area contributed by atoms with Gasteiger partial charge in [-0.3, -0.25) is 0 Å². The molecule has 0 spiro atoms. The maximum atomic E-state index is 5.49. The molecule has 2 aromatic carbocycles. The summed E-state index contributed by atoms with van der Waals surface area (Å²) in [6.07, 6.45) is 0. The SMILES string of the molecule is CC(NCC1COCCN1)c1cccc2ccccc12. The number of hydrogen-bond acceptors (Lipinski definition) is 3. The summed E-state index contributed by atoms with van der Waals surface area (Å²) in [4.78, 5) is 0. The Morgan fingerprint density at radius 3 is 2.95 bits per heavy atom. The lowest BCUT2D eigenvalue weighted by molar-refractivity contribution is 0.0760. The molecule has 2 unspecified atom stereocenters. The molecular weight excluding hydrogens is 248 g/mol. The molecule has 0 saturated carbocycles. The smallest absolute Gasteiger partial charge is 0.0632 e. The van der Waals surface area contributed by atoms with Gasteiger partial charge in [-0.15, -0.1) is 0 Å². The first-order valence-corrected chi connectivity index (χ1v) is 7.37. The van der Waals surface area contributed by atoms with Gasteiger partial charge in [-0.05, 0) is 23.3 Å². The lowest BCUT2D eigenvalue weighted by Crippen LogP contribution is -2.47. The molecule has 2 aromatic rings. The zero-order valence-electron chi connectivity index (χ0n) is 11.9. The molecule has 3 nitrogen and oxygen atoms in total. The molecule has 0 aromatic heterocycles. The van der Waals surface area contributed by atoms with Gasteiger partial charge in [0.2, 0.25) is 0 Å². The van der Waals surface area contributed by atoms with Gasteiger partial charge in [0.15, 0.2) is 0 Å². The quantitative estimate of drug-likeness (QED) is 0.895. The largest absolute Gasteiger partial charge is 0.378 e. The molecule has 0 radical (unpaired) electrons. The molecule has 1 aliphatic heterocycles. The minimum atomic E-state index is 0.338. The Kier molecular flexibility index (Phi) is 4.31. The predicted octanol–water partition coefficient (Wildman–Crippen LogP) is 2.48. The van der Waals surface area contributed by atoms with Crippen molar-refractivity contribution < 1.29 is 4.74 Å². The van der Waals surface area contributed by atoms with E-state index in [9.17, 15) is 0 Å². The molecule has 20 heavy (non-hydrogen) atoms. The summed E-state index contributed by atoms with van der Waals surface area (Å²) in [6, 6.07) is 15.8. The van der Waals surface area contributed by atoms with E-state index in [0.29, 0.717) is 12.1 Å². The van der Waals surface area contributed by atoms with Crippen LogP contribution in [0.1, 0.15) is 18.5 Å². The highest BCUT2D eigenvalue weighted by Gasteiger charge is 2.15. The predicted molar refractivity (Wildman–Crippen MR) is 83.0 cm³/mol. The summed E-state index contributed by atoms with van der Waals surface area (Å²) in [6.45, 7) is 5.75. The molecule has 106 valence electrons. The Morgan fingerprint density at radius 1 is 1.25 bits per heavy atom. The van der Waals surface area contributed by atoms with E-state index in [1.165, 1.54) is 16.3 Å². The summed E-state index contributed by atoms with van der Waals surface area (Å²) < 4.78 is 5.49. The highest BCUT2D eigenvalue weighted by molar-refractivity contribution is 5.86. The molecule has 1 fully saturated rings. The van der Waals surface area contributed by atoms with Crippen LogP contribution in [-0.4, -0.2) is 32.3 Å². The van der Waals surface area contributed by atoms with Crippen LogP contribution < -0.4 is 10.6 Å². The first-order chi connectivity index (χ1) is 9.84. The van der Waals surface area contributed by atoms with Crippen molar-refractivity contribution in [2.45, 2.75) is 19.0 Å². The number of ether oxygens (including phenoxy) is 1. The second-order valence-electron chi connectivity index (χ2n) is 5.42. The van der Waals surface area contributed by atoms with Gasteiger partial charge in [0, 0.05) is 25.2 Å². The summed E-state index contributed by atoms with van der Waals surface area (Å²) in [5, 5.41) is 9.73. The first kappa shape index (κ1) is 13.6. The van der Waals surface area contributed by atoms with Crippen molar-refractivity contribution in [1.82, 2.24) is 10.6 Å². The van der Waals surface area contributed by atoms with Crippen molar-refractivity contribution in [3.63, 3.8) is 0 Å². The maximum absolute atomic E-state index is 5.49. The fourth-order valence-corrected chi connectivity index (χ4v) is 2.81. The van der Waals surface area contributed by atoms with Gasteiger partial charge < -0.3 is 15.4 Å². The Morgan fingerprint density at radius 2 is 2.10 bits per heavy atom. The molecule has 2 atom stereocenters. The van der Waals surface area contributed by atoms with Crippen LogP contribution in [-0.2, 0) is 4.74 Å². The van der Waals surface area contributed by atoms with Gasteiger partial charge in [0.05, 0.1) is 13.2 Å². The van der Waals surface area contributed by atoms with Crippen LogP contribution in [0.5, 0.6) is 0 Å². The van der Waals surface area contributed by atoms with Crippen molar-refractivity contribution >= 4 is 10.8 Å². The minimum Gasteiger partial charge on any atom is -0.378 e. The van der Waals surface area contributed by atoms with Crippen molar-refractivity contribution in [2.75, 3.05) is 26.3 Å². The molecule has 2 N–H and O–H groups in total. The summed E-state index contributed by atoms with van der Waals surface area (Å²) >= 11 is 0. The fraction of sp³-hybridized carbons (Fsp3) is 0.412.